The van der Waals surface area contributed by atoms with Crippen LogP contribution in [0.5, 0.6) is 0 Å². The maximum Gasteiger partial charge on any atom is 2.00 e. The summed E-state index contributed by atoms with van der Waals surface area (Å²) < 4.78 is 0. The topological polar surface area (TPSA) is 17.1 Å². The molecule has 0 amide bonds. The second-order valence-corrected chi connectivity index (χ2v) is 6.88. The molecule has 31 heavy (non-hydrogen) atoms. The van der Waals surface area contributed by atoms with Gasteiger partial charge in [-0.1, -0.05) is 30.4 Å². The first-order chi connectivity index (χ1) is 14.3. The zero-order valence-corrected chi connectivity index (χ0v) is 19.5. The molecule has 1 aliphatic rings. The van der Waals surface area contributed by atoms with E-state index >= 15 is 0 Å². The number of allylic oxidation sites excluding steroid dienone is 2. The number of rotatable bonds is 2. The van der Waals surface area contributed by atoms with Gasteiger partial charge in [-0.25, -0.2) is 24.3 Å². The van der Waals surface area contributed by atoms with Crippen LogP contribution in [0.1, 0.15) is 30.4 Å². The van der Waals surface area contributed by atoms with Gasteiger partial charge >= 0.3 is 34.1 Å². The summed E-state index contributed by atoms with van der Waals surface area (Å²) in [6.07, 6.45) is 6.90. The minimum absolute atomic E-state index is 0. The first-order valence-corrected chi connectivity index (χ1v) is 10.1. The third-order valence-electron chi connectivity index (χ3n) is 4.65. The molecule has 0 unspecified atom stereocenters. The Morgan fingerprint density at radius 3 is 1.26 bits per heavy atom. The van der Waals surface area contributed by atoms with Crippen molar-refractivity contribution in [3.63, 3.8) is 0 Å². The molecule has 0 aromatic heterocycles. The van der Waals surface area contributed by atoms with E-state index < -0.39 is 0 Å². The van der Waals surface area contributed by atoms with Crippen LogP contribution in [0, 0.1) is 0 Å². The van der Waals surface area contributed by atoms with Gasteiger partial charge in [0.05, 0.1) is 0 Å². The molecular formula is C28H26Fe2O. The van der Waals surface area contributed by atoms with Crippen LogP contribution in [0.2, 0.25) is 0 Å². The van der Waals surface area contributed by atoms with E-state index in [4.69, 9.17) is 0 Å². The number of carbonyl (C=O) groups excluding carboxylic acids is 1. The molecular weight excluding hydrogens is 464 g/mol. The van der Waals surface area contributed by atoms with Gasteiger partial charge in [0.1, 0.15) is 5.78 Å². The maximum absolute atomic E-state index is 12.4. The molecule has 0 radical (unpaired) electrons. The third-order valence-corrected chi connectivity index (χ3v) is 4.65. The minimum atomic E-state index is 0. The van der Waals surface area contributed by atoms with Gasteiger partial charge in [-0.15, -0.1) is 47.5 Å². The fourth-order valence-electron chi connectivity index (χ4n) is 3.19. The van der Waals surface area contributed by atoms with Gasteiger partial charge in [0.25, 0.3) is 0 Å². The van der Waals surface area contributed by atoms with Crippen LogP contribution in [0.25, 0.3) is 12.2 Å². The van der Waals surface area contributed by atoms with Crippen molar-refractivity contribution in [2.45, 2.75) is 19.3 Å². The maximum atomic E-state index is 12.4. The van der Waals surface area contributed by atoms with E-state index in [1.54, 1.807) is 0 Å². The number of hydrogen-bond acceptors (Lipinski definition) is 1. The standard InChI is InChI=1S/C18H16O.2C5H5.2Fe/c19-18-16(12-14-6-1-2-7-14)10-5-11-17(18)13-15-8-3-4-9-15;2*1-2-4-5-3-1;;/h1-4,6-9,12-13H,5,10-11H2;2*1-5H;;/q-2;2*-1;2*+2/b16-12+,17-13+;;;;. The van der Waals surface area contributed by atoms with E-state index in [0.717, 1.165) is 41.5 Å². The molecule has 0 bridgehead atoms. The molecule has 0 aliphatic heterocycles. The SMILES string of the molecule is O=C1/C(=C/[c-]2cccc2)CCC/C1=C\[c-]1cccc1.[Fe+2].[Fe+2].c1cc[cH-]c1.c1cc[cH-]c1. The van der Waals surface area contributed by atoms with Gasteiger partial charge in [-0.05, 0) is 0 Å². The third kappa shape index (κ3) is 9.51. The van der Waals surface area contributed by atoms with Gasteiger partial charge in [-0.3, -0.25) is 0 Å². The molecule has 1 fully saturated rings. The Balaban J connectivity index is 0.000000331. The van der Waals surface area contributed by atoms with Gasteiger partial charge in [-0.2, -0.15) is 60.7 Å². The molecule has 0 atom stereocenters. The van der Waals surface area contributed by atoms with Crippen LogP contribution in [-0.4, -0.2) is 5.78 Å². The second kappa shape index (κ2) is 15.4. The number of carbonyl (C=O) groups is 1. The van der Waals surface area contributed by atoms with Crippen molar-refractivity contribution in [2.24, 2.45) is 0 Å². The molecule has 0 N–H and O–H groups in total. The molecule has 1 aliphatic carbocycles. The summed E-state index contributed by atoms with van der Waals surface area (Å²) in [7, 11) is 0. The number of ketones is 1. The monoisotopic (exact) mass is 490 g/mol. The predicted octanol–water partition coefficient (Wildman–Crippen LogP) is 7.15. The van der Waals surface area contributed by atoms with Crippen LogP contribution < -0.4 is 0 Å². The van der Waals surface area contributed by atoms with E-state index in [0.29, 0.717) is 0 Å². The van der Waals surface area contributed by atoms with Crippen molar-refractivity contribution in [1.29, 1.82) is 0 Å². The van der Waals surface area contributed by atoms with Crippen LogP contribution in [0.3, 0.4) is 0 Å². The molecule has 1 nitrogen and oxygen atoms in total. The van der Waals surface area contributed by atoms with Crippen molar-refractivity contribution in [3.05, 3.63) is 131 Å². The first-order valence-electron chi connectivity index (χ1n) is 10.1. The predicted molar refractivity (Wildman–Crippen MR) is 123 cm³/mol. The summed E-state index contributed by atoms with van der Waals surface area (Å²) in [5.74, 6) is 0.216. The Bertz CT molecular complexity index is 853. The fourth-order valence-corrected chi connectivity index (χ4v) is 3.19. The Kier molecular flexibility index (Phi) is 13.2. The van der Waals surface area contributed by atoms with Crippen LogP contribution in [0.4, 0.5) is 0 Å². The summed E-state index contributed by atoms with van der Waals surface area (Å²) in [6.45, 7) is 0. The van der Waals surface area contributed by atoms with E-state index in [1.807, 2.05) is 121 Å². The van der Waals surface area contributed by atoms with Crippen molar-refractivity contribution in [3.8, 4) is 0 Å². The smallest absolute Gasteiger partial charge is 0.311 e. The van der Waals surface area contributed by atoms with Crippen molar-refractivity contribution < 1.29 is 38.9 Å². The normalized spacial score (nSPS) is 15.0. The van der Waals surface area contributed by atoms with Gasteiger partial charge < -0.3 is 4.79 Å². The van der Waals surface area contributed by atoms with Crippen LogP contribution in [0.15, 0.2) is 120 Å². The van der Waals surface area contributed by atoms with Gasteiger partial charge in [0, 0.05) is 0 Å². The van der Waals surface area contributed by atoms with Crippen LogP contribution in [-0.2, 0) is 38.9 Å². The Hall–Kier alpha value is -2.41. The molecule has 4 aromatic rings. The first kappa shape index (κ1) is 26.6. The average molecular weight is 490 g/mol. The average Bonchev–Trinajstić information content (AvgIpc) is 3.54. The zero-order valence-electron chi connectivity index (χ0n) is 17.3. The summed E-state index contributed by atoms with van der Waals surface area (Å²) >= 11 is 0. The second-order valence-electron chi connectivity index (χ2n) is 6.88. The molecule has 160 valence electrons. The Morgan fingerprint density at radius 1 is 0.613 bits per heavy atom. The van der Waals surface area contributed by atoms with Gasteiger partial charge in [0.2, 0.25) is 0 Å². The van der Waals surface area contributed by atoms with Crippen molar-refractivity contribution in [2.75, 3.05) is 0 Å². The van der Waals surface area contributed by atoms with Crippen LogP contribution >= 0.6 is 0 Å². The minimum Gasteiger partial charge on any atom is -0.311 e. The fraction of sp³-hybridized carbons (Fsp3) is 0.107. The molecule has 1 saturated carbocycles. The van der Waals surface area contributed by atoms with E-state index in [2.05, 4.69) is 0 Å². The Morgan fingerprint density at radius 2 is 0.968 bits per heavy atom. The quantitative estimate of drug-likeness (QED) is 0.166. The largest absolute Gasteiger partial charge is 2.00 e. The number of Topliss-reactive ketones (excluding diaryl/α,β-unsaturated/α-hetero) is 1. The van der Waals surface area contributed by atoms with Crippen molar-refractivity contribution >= 4 is 17.9 Å². The van der Waals surface area contributed by atoms with E-state index in [1.165, 1.54) is 0 Å². The molecule has 0 saturated heterocycles. The summed E-state index contributed by atoms with van der Waals surface area (Å²) in [4.78, 5) is 12.4. The zero-order chi connectivity index (χ0) is 20.2. The van der Waals surface area contributed by atoms with E-state index in [9.17, 15) is 4.79 Å². The van der Waals surface area contributed by atoms with E-state index in [-0.39, 0.29) is 39.9 Å². The molecule has 0 heterocycles. The summed E-state index contributed by atoms with van der Waals surface area (Å²) in [6, 6.07) is 36.2. The Labute approximate surface area is 206 Å². The molecule has 3 heteroatoms. The van der Waals surface area contributed by atoms with Crippen molar-refractivity contribution in [1.82, 2.24) is 0 Å². The summed E-state index contributed by atoms with van der Waals surface area (Å²) in [5.41, 5.74) is 4.13. The summed E-state index contributed by atoms with van der Waals surface area (Å²) in [5, 5.41) is 0. The van der Waals surface area contributed by atoms with Gasteiger partial charge in [0.15, 0.2) is 0 Å². The molecule has 0 spiro atoms. The number of hydrogen-bond donors (Lipinski definition) is 0. The molecule has 4 aromatic carbocycles. The molecule has 5 rings (SSSR count).